The summed E-state index contributed by atoms with van der Waals surface area (Å²) in [5.41, 5.74) is -0.248. The van der Waals surface area contributed by atoms with Crippen LogP contribution in [0.4, 0.5) is 18.9 Å². The van der Waals surface area contributed by atoms with Crippen LogP contribution in [0, 0.1) is 0 Å². The molecule has 0 radical (unpaired) electrons. The number of halogens is 3. The predicted octanol–water partition coefficient (Wildman–Crippen LogP) is 4.14. The Morgan fingerprint density at radius 2 is 1.84 bits per heavy atom. The Hall–Kier alpha value is -2.75. The molecular formula is C21H25F3N2O4S. The van der Waals surface area contributed by atoms with Crippen molar-refractivity contribution in [1.82, 2.24) is 5.32 Å². The van der Waals surface area contributed by atoms with E-state index in [4.69, 9.17) is 4.74 Å². The molecule has 2 aromatic rings. The molecule has 1 atom stereocenters. The van der Waals surface area contributed by atoms with Gasteiger partial charge >= 0.3 is 6.18 Å². The second-order valence-electron chi connectivity index (χ2n) is 7.02. The summed E-state index contributed by atoms with van der Waals surface area (Å²) in [6.07, 6.45) is -3.54. The first-order valence-corrected chi connectivity index (χ1v) is 11.4. The first-order chi connectivity index (χ1) is 14.4. The highest BCUT2D eigenvalue weighted by Gasteiger charge is 2.31. The third-order valence-electron chi connectivity index (χ3n) is 4.61. The molecule has 1 N–H and O–H groups in total. The Morgan fingerprint density at radius 1 is 1.16 bits per heavy atom. The third kappa shape index (κ3) is 6.88. The van der Waals surface area contributed by atoms with Gasteiger partial charge in [0.25, 0.3) is 0 Å². The molecule has 0 aliphatic heterocycles. The Bertz CT molecular complexity index is 1010. The van der Waals surface area contributed by atoms with Crippen LogP contribution < -0.4 is 14.4 Å². The molecule has 6 nitrogen and oxygen atoms in total. The fourth-order valence-corrected chi connectivity index (χ4v) is 4.08. The Labute approximate surface area is 180 Å². The molecule has 0 aromatic heterocycles. The van der Waals surface area contributed by atoms with Crippen LogP contribution in [0.2, 0.25) is 0 Å². The van der Waals surface area contributed by atoms with Gasteiger partial charge in [-0.15, -0.1) is 0 Å². The number of benzene rings is 2. The van der Waals surface area contributed by atoms with Crippen molar-refractivity contribution in [3.8, 4) is 5.75 Å². The number of carbonyl (C=O) groups is 1. The first-order valence-electron chi connectivity index (χ1n) is 9.50. The van der Waals surface area contributed by atoms with Gasteiger partial charge < -0.3 is 10.1 Å². The second kappa shape index (κ2) is 10.0. The van der Waals surface area contributed by atoms with Crippen LogP contribution in [-0.2, 0) is 21.0 Å². The van der Waals surface area contributed by atoms with E-state index >= 15 is 0 Å². The van der Waals surface area contributed by atoms with Crippen LogP contribution in [0.25, 0.3) is 0 Å². The molecule has 0 aliphatic carbocycles. The Morgan fingerprint density at radius 3 is 2.45 bits per heavy atom. The van der Waals surface area contributed by atoms with E-state index in [0.717, 1.165) is 34.3 Å². The van der Waals surface area contributed by atoms with Crippen LogP contribution in [0.5, 0.6) is 5.75 Å². The number of methoxy groups -OCH3 is 1. The van der Waals surface area contributed by atoms with Crippen LogP contribution in [0.3, 0.4) is 0 Å². The predicted molar refractivity (Wildman–Crippen MR) is 112 cm³/mol. The largest absolute Gasteiger partial charge is 0.496 e. The molecule has 2 aromatic carbocycles. The number of hydrogen-bond donors (Lipinski definition) is 1. The summed E-state index contributed by atoms with van der Waals surface area (Å²) < 4.78 is 69.3. The van der Waals surface area contributed by atoms with Crippen LogP contribution >= 0.6 is 0 Å². The average Bonchev–Trinajstić information content (AvgIpc) is 2.69. The van der Waals surface area contributed by atoms with Crippen LogP contribution in [0.1, 0.15) is 36.9 Å². The van der Waals surface area contributed by atoms with Crippen molar-refractivity contribution >= 4 is 21.6 Å². The minimum atomic E-state index is -4.59. The third-order valence-corrected chi connectivity index (χ3v) is 5.80. The lowest BCUT2D eigenvalue weighted by atomic mass is 10.1. The molecule has 170 valence electrons. The SMILES string of the molecule is COc1ccccc1[C@@H](C)NC(=O)CCCN(c1cccc(C(F)(F)F)c1)S(C)(=O)=O. The number of carbonyl (C=O) groups excluding carboxylic acids is 1. The fraction of sp³-hybridized carbons (Fsp3) is 0.381. The zero-order valence-electron chi connectivity index (χ0n) is 17.4. The summed E-state index contributed by atoms with van der Waals surface area (Å²) in [7, 11) is -2.31. The first kappa shape index (κ1) is 24.5. The van der Waals surface area contributed by atoms with Crippen LogP contribution in [-0.4, -0.2) is 34.2 Å². The number of alkyl halides is 3. The van der Waals surface area contributed by atoms with Crippen molar-refractivity contribution in [2.75, 3.05) is 24.2 Å². The lowest BCUT2D eigenvalue weighted by molar-refractivity contribution is -0.137. The molecule has 0 aliphatic rings. The van der Waals surface area contributed by atoms with Gasteiger partial charge in [0, 0.05) is 18.5 Å². The normalized spacial score (nSPS) is 12.8. The van der Waals surface area contributed by atoms with Gasteiger partial charge in [0.05, 0.1) is 30.7 Å². The molecular weight excluding hydrogens is 433 g/mol. The average molecular weight is 459 g/mol. The highest BCUT2D eigenvalue weighted by molar-refractivity contribution is 7.92. The van der Waals surface area contributed by atoms with Gasteiger partial charge in [-0.05, 0) is 37.6 Å². The topological polar surface area (TPSA) is 75.7 Å². The minimum Gasteiger partial charge on any atom is -0.496 e. The number of rotatable bonds is 9. The maximum absolute atomic E-state index is 13.0. The highest BCUT2D eigenvalue weighted by Crippen LogP contribution is 2.32. The maximum atomic E-state index is 13.0. The van der Waals surface area contributed by atoms with E-state index in [1.807, 2.05) is 18.2 Å². The van der Waals surface area contributed by atoms with Gasteiger partial charge in [0.1, 0.15) is 5.75 Å². The standard InChI is InChI=1S/C21H25F3N2O4S/c1-15(18-10-4-5-11-19(18)30-2)25-20(27)12-7-13-26(31(3,28)29)17-9-6-8-16(14-17)21(22,23)24/h4-6,8-11,14-15H,7,12-13H2,1-3H3,(H,25,27)/t15-/m1/s1. The van der Waals surface area contributed by atoms with E-state index < -0.39 is 21.8 Å². The molecule has 0 saturated carbocycles. The van der Waals surface area contributed by atoms with Gasteiger partial charge in [-0.3, -0.25) is 9.10 Å². The monoisotopic (exact) mass is 458 g/mol. The van der Waals surface area contributed by atoms with Crippen molar-refractivity contribution < 1.29 is 31.1 Å². The quantitative estimate of drug-likeness (QED) is 0.613. The molecule has 1 amide bonds. The minimum absolute atomic E-state index is 0.00444. The molecule has 0 spiro atoms. The smallest absolute Gasteiger partial charge is 0.416 e. The van der Waals surface area contributed by atoms with Gasteiger partial charge in [-0.25, -0.2) is 8.42 Å². The number of anilines is 1. The number of para-hydroxylation sites is 1. The summed E-state index contributed by atoms with van der Waals surface area (Å²) in [6.45, 7) is 1.66. The number of amides is 1. The summed E-state index contributed by atoms with van der Waals surface area (Å²) in [6, 6.07) is 11.0. The molecule has 0 heterocycles. The van der Waals surface area contributed by atoms with E-state index in [9.17, 15) is 26.4 Å². The van der Waals surface area contributed by atoms with E-state index in [1.54, 1.807) is 13.0 Å². The summed E-state index contributed by atoms with van der Waals surface area (Å²) in [5.74, 6) is 0.319. The zero-order valence-corrected chi connectivity index (χ0v) is 18.3. The molecule has 10 heteroatoms. The summed E-state index contributed by atoms with van der Waals surface area (Å²) in [5, 5.41) is 2.82. The number of nitrogens with one attached hydrogen (secondary N) is 1. The Balaban J connectivity index is 2.03. The fourth-order valence-electron chi connectivity index (χ4n) is 3.12. The zero-order chi connectivity index (χ0) is 23.2. The van der Waals surface area contributed by atoms with Gasteiger partial charge in [0.2, 0.25) is 15.9 Å². The highest BCUT2D eigenvalue weighted by atomic mass is 32.2. The van der Waals surface area contributed by atoms with Crippen molar-refractivity contribution in [2.45, 2.75) is 32.0 Å². The Kier molecular flexibility index (Phi) is 7.94. The summed E-state index contributed by atoms with van der Waals surface area (Å²) >= 11 is 0. The molecule has 31 heavy (non-hydrogen) atoms. The van der Waals surface area contributed by atoms with Gasteiger partial charge in [-0.1, -0.05) is 24.3 Å². The molecule has 0 bridgehead atoms. The van der Waals surface area contributed by atoms with Crippen molar-refractivity contribution in [3.63, 3.8) is 0 Å². The maximum Gasteiger partial charge on any atom is 0.416 e. The molecule has 0 fully saturated rings. The molecule has 0 saturated heterocycles. The number of nitrogens with zero attached hydrogens (tertiary/aromatic N) is 1. The lowest BCUT2D eigenvalue weighted by Gasteiger charge is -2.23. The summed E-state index contributed by atoms with van der Waals surface area (Å²) in [4.78, 5) is 12.3. The second-order valence-corrected chi connectivity index (χ2v) is 8.92. The van der Waals surface area contributed by atoms with Gasteiger partial charge in [-0.2, -0.15) is 13.2 Å². The van der Waals surface area contributed by atoms with Crippen molar-refractivity contribution in [1.29, 1.82) is 0 Å². The van der Waals surface area contributed by atoms with E-state index in [-0.39, 0.29) is 37.0 Å². The van der Waals surface area contributed by atoms with E-state index in [1.165, 1.54) is 13.2 Å². The van der Waals surface area contributed by atoms with E-state index in [2.05, 4.69) is 5.32 Å². The van der Waals surface area contributed by atoms with Crippen molar-refractivity contribution in [2.24, 2.45) is 0 Å². The molecule has 2 rings (SSSR count). The number of sulfonamides is 1. The van der Waals surface area contributed by atoms with E-state index in [0.29, 0.717) is 5.75 Å². The molecule has 0 unspecified atom stereocenters. The lowest BCUT2D eigenvalue weighted by Crippen LogP contribution is -2.32. The van der Waals surface area contributed by atoms with Gasteiger partial charge in [0.15, 0.2) is 0 Å². The number of hydrogen-bond acceptors (Lipinski definition) is 4. The number of ether oxygens (including phenoxy) is 1. The van der Waals surface area contributed by atoms with Crippen molar-refractivity contribution in [3.05, 3.63) is 59.7 Å². The van der Waals surface area contributed by atoms with Crippen LogP contribution in [0.15, 0.2) is 48.5 Å².